The van der Waals surface area contributed by atoms with E-state index in [1.165, 1.54) is 29.9 Å². The first-order chi connectivity index (χ1) is 13.3. The van der Waals surface area contributed by atoms with Gasteiger partial charge in [0.05, 0.1) is 18.4 Å². The fraction of sp³-hybridized carbons (Fsp3) is 0.421. The van der Waals surface area contributed by atoms with Gasteiger partial charge in [0.25, 0.3) is 5.56 Å². The van der Waals surface area contributed by atoms with Crippen LogP contribution in [0.25, 0.3) is 0 Å². The highest BCUT2D eigenvalue weighted by Crippen LogP contribution is 2.31. The van der Waals surface area contributed by atoms with Gasteiger partial charge >= 0.3 is 12.1 Å². The minimum absolute atomic E-state index is 0.0604. The molecule has 1 aliphatic carbocycles. The van der Waals surface area contributed by atoms with Crippen molar-refractivity contribution in [2.24, 2.45) is 4.99 Å². The summed E-state index contributed by atoms with van der Waals surface area (Å²) in [4.78, 5) is 29.2. The summed E-state index contributed by atoms with van der Waals surface area (Å²) < 4.78 is 45.2. The third kappa shape index (κ3) is 4.52. The molecule has 0 aliphatic heterocycles. The Labute approximate surface area is 163 Å². The van der Waals surface area contributed by atoms with Crippen molar-refractivity contribution < 1.29 is 22.7 Å². The average molecular weight is 412 g/mol. The van der Waals surface area contributed by atoms with E-state index >= 15 is 0 Å². The summed E-state index contributed by atoms with van der Waals surface area (Å²) in [5.41, 5.74) is -1.16. The molecule has 0 spiro atoms. The van der Waals surface area contributed by atoms with Crippen LogP contribution in [0.2, 0.25) is 0 Å². The molecule has 0 saturated heterocycles. The predicted octanol–water partition coefficient (Wildman–Crippen LogP) is 4.45. The highest BCUT2D eigenvalue weighted by atomic mass is 32.1. The van der Waals surface area contributed by atoms with Crippen molar-refractivity contribution >= 4 is 23.0 Å². The lowest BCUT2D eigenvalue weighted by molar-refractivity contribution is -0.137. The maximum Gasteiger partial charge on any atom is 0.416 e. The zero-order valence-electron chi connectivity index (χ0n) is 15.2. The molecule has 0 radical (unpaired) electrons. The number of nitrogens with zero attached hydrogens (tertiary/aromatic N) is 2. The molecule has 28 heavy (non-hydrogen) atoms. The molecule has 2 aromatic rings. The summed E-state index contributed by atoms with van der Waals surface area (Å²) in [6.45, 7) is 0. The minimum atomic E-state index is -4.49. The number of alkyl halides is 3. The summed E-state index contributed by atoms with van der Waals surface area (Å²) in [6, 6.07) is 5.70. The van der Waals surface area contributed by atoms with Crippen LogP contribution in [0.1, 0.15) is 53.4 Å². The maximum atomic E-state index is 13.0. The predicted molar refractivity (Wildman–Crippen MR) is 98.7 cm³/mol. The van der Waals surface area contributed by atoms with Crippen LogP contribution >= 0.6 is 11.3 Å². The van der Waals surface area contributed by atoms with Crippen LogP contribution < -0.4 is 10.4 Å². The third-order valence-corrected chi connectivity index (χ3v) is 5.60. The number of esters is 1. The molecule has 0 bridgehead atoms. The van der Waals surface area contributed by atoms with Gasteiger partial charge in [0.15, 0.2) is 4.80 Å². The maximum absolute atomic E-state index is 13.0. The van der Waals surface area contributed by atoms with Crippen molar-refractivity contribution in [3.8, 4) is 0 Å². The first-order valence-electron chi connectivity index (χ1n) is 8.86. The Morgan fingerprint density at radius 2 is 1.93 bits per heavy atom. The number of benzene rings is 1. The topological polar surface area (TPSA) is 60.7 Å². The van der Waals surface area contributed by atoms with E-state index in [1.807, 2.05) is 0 Å². The number of methoxy groups -OCH3 is 1. The second-order valence-electron chi connectivity index (χ2n) is 6.54. The average Bonchev–Trinajstić information content (AvgIpc) is 2.67. The summed E-state index contributed by atoms with van der Waals surface area (Å²) in [5, 5.41) is 0. The second-order valence-corrected chi connectivity index (χ2v) is 7.55. The molecule has 0 amide bonds. The van der Waals surface area contributed by atoms with Crippen molar-refractivity contribution in [2.45, 2.75) is 44.3 Å². The summed E-state index contributed by atoms with van der Waals surface area (Å²) in [7, 11) is 1.20. The Balaban J connectivity index is 2.19. The van der Waals surface area contributed by atoms with E-state index in [2.05, 4.69) is 9.73 Å². The quantitative estimate of drug-likeness (QED) is 0.700. The molecule has 0 unspecified atom stereocenters. The van der Waals surface area contributed by atoms with Crippen molar-refractivity contribution in [3.63, 3.8) is 0 Å². The lowest BCUT2D eigenvalue weighted by Gasteiger charge is -2.23. The second kappa shape index (κ2) is 8.30. The SMILES string of the molecule is COC(=O)c1cc(=O)n(C2CCCCC2)c(=Nc2cccc(C(F)(F)F)c2)s1. The fourth-order valence-electron chi connectivity index (χ4n) is 3.27. The van der Waals surface area contributed by atoms with Crippen molar-refractivity contribution in [2.75, 3.05) is 7.11 Å². The van der Waals surface area contributed by atoms with Gasteiger partial charge in [-0.2, -0.15) is 13.2 Å². The fourth-order valence-corrected chi connectivity index (χ4v) is 4.28. The van der Waals surface area contributed by atoms with Gasteiger partial charge < -0.3 is 4.74 Å². The molecule has 5 nitrogen and oxygen atoms in total. The molecule has 0 atom stereocenters. The molecule has 3 rings (SSSR count). The molecule has 1 saturated carbocycles. The number of hydrogen-bond donors (Lipinski definition) is 0. The van der Waals surface area contributed by atoms with Crippen LogP contribution in [0.5, 0.6) is 0 Å². The van der Waals surface area contributed by atoms with Gasteiger partial charge in [0, 0.05) is 12.1 Å². The highest BCUT2D eigenvalue weighted by Gasteiger charge is 2.30. The van der Waals surface area contributed by atoms with E-state index in [1.54, 1.807) is 0 Å². The summed E-state index contributed by atoms with van der Waals surface area (Å²) >= 11 is 0.938. The molecule has 9 heteroatoms. The molecule has 1 fully saturated rings. The number of halogens is 3. The van der Waals surface area contributed by atoms with Crippen LogP contribution in [0.15, 0.2) is 40.1 Å². The Hall–Kier alpha value is -2.42. The number of aromatic nitrogens is 1. The van der Waals surface area contributed by atoms with Gasteiger partial charge in [0.1, 0.15) is 4.88 Å². The van der Waals surface area contributed by atoms with Crippen LogP contribution in [0.4, 0.5) is 18.9 Å². The van der Waals surface area contributed by atoms with Crippen molar-refractivity contribution in [1.29, 1.82) is 0 Å². The van der Waals surface area contributed by atoms with Gasteiger partial charge in [-0.15, -0.1) is 0 Å². The lowest BCUT2D eigenvalue weighted by Crippen LogP contribution is -2.36. The monoisotopic (exact) mass is 412 g/mol. The largest absolute Gasteiger partial charge is 0.465 e. The van der Waals surface area contributed by atoms with Gasteiger partial charge in [-0.25, -0.2) is 9.79 Å². The first-order valence-corrected chi connectivity index (χ1v) is 9.68. The molecular weight excluding hydrogens is 393 g/mol. The van der Waals surface area contributed by atoms with Crippen LogP contribution in [-0.2, 0) is 10.9 Å². The summed E-state index contributed by atoms with van der Waals surface area (Å²) in [5.74, 6) is -0.682. The van der Waals surface area contributed by atoms with Gasteiger partial charge in [-0.3, -0.25) is 9.36 Å². The van der Waals surface area contributed by atoms with Gasteiger partial charge in [-0.05, 0) is 31.0 Å². The zero-order valence-corrected chi connectivity index (χ0v) is 16.0. The molecule has 150 valence electrons. The summed E-state index contributed by atoms with van der Waals surface area (Å²) in [6.07, 6.45) is 0.0819. The highest BCUT2D eigenvalue weighted by molar-refractivity contribution is 7.11. The van der Waals surface area contributed by atoms with Crippen molar-refractivity contribution in [3.05, 3.63) is 55.9 Å². The number of rotatable bonds is 3. The van der Waals surface area contributed by atoms with Gasteiger partial charge in [-0.1, -0.05) is 36.7 Å². The van der Waals surface area contributed by atoms with E-state index in [9.17, 15) is 22.8 Å². The van der Waals surface area contributed by atoms with E-state index in [0.29, 0.717) is 0 Å². The number of hydrogen-bond acceptors (Lipinski definition) is 5. The van der Waals surface area contributed by atoms with Crippen LogP contribution in [-0.4, -0.2) is 17.6 Å². The number of carbonyl (C=O) groups is 1. The zero-order chi connectivity index (χ0) is 20.3. The molecule has 0 N–H and O–H groups in total. The molecule has 1 aromatic heterocycles. The first kappa shape index (κ1) is 20.3. The Morgan fingerprint density at radius 1 is 1.21 bits per heavy atom. The Morgan fingerprint density at radius 3 is 2.57 bits per heavy atom. The molecule has 1 aliphatic rings. The minimum Gasteiger partial charge on any atom is -0.465 e. The third-order valence-electron chi connectivity index (χ3n) is 4.62. The van der Waals surface area contributed by atoms with Crippen molar-refractivity contribution in [1.82, 2.24) is 4.57 Å². The van der Waals surface area contributed by atoms with E-state index in [-0.39, 0.29) is 21.4 Å². The van der Waals surface area contributed by atoms with E-state index < -0.39 is 23.3 Å². The Bertz CT molecular complexity index is 989. The van der Waals surface area contributed by atoms with Gasteiger partial charge in [0.2, 0.25) is 0 Å². The lowest BCUT2D eigenvalue weighted by atomic mass is 9.95. The molecule has 1 aromatic carbocycles. The van der Waals surface area contributed by atoms with Crippen LogP contribution in [0.3, 0.4) is 0 Å². The standard InChI is InChI=1S/C19H19F3N2O3S/c1-27-17(26)15-11-16(25)24(14-8-3-2-4-9-14)18(28-15)23-13-7-5-6-12(10-13)19(20,21)22/h5-7,10-11,14H,2-4,8-9H2,1H3. The van der Waals surface area contributed by atoms with E-state index in [0.717, 1.165) is 55.6 Å². The molecule has 1 heterocycles. The smallest absolute Gasteiger partial charge is 0.416 e. The Kier molecular flexibility index (Phi) is 6.02. The number of carbonyl (C=O) groups excluding carboxylic acids is 1. The van der Waals surface area contributed by atoms with Crippen LogP contribution in [0, 0.1) is 0 Å². The molecular formula is C19H19F3N2O3S. The van der Waals surface area contributed by atoms with E-state index in [4.69, 9.17) is 0 Å². The number of ether oxygens (including phenoxy) is 1. The normalized spacial score (nSPS) is 16.2.